The Morgan fingerprint density at radius 2 is 1.67 bits per heavy atom. The predicted molar refractivity (Wildman–Crippen MR) is 100 cm³/mol. The monoisotopic (exact) mass is 332 g/mol. The zero-order chi connectivity index (χ0) is 18.1. The average Bonchev–Trinajstić information content (AvgIpc) is 2.54. The van der Waals surface area contributed by atoms with Gasteiger partial charge in [-0.2, -0.15) is 0 Å². The summed E-state index contributed by atoms with van der Waals surface area (Å²) in [6.45, 7) is 11.2. The molecule has 2 amide bonds. The van der Waals surface area contributed by atoms with E-state index < -0.39 is 0 Å². The number of anilines is 1. The van der Waals surface area contributed by atoms with Crippen LogP contribution in [0.5, 0.6) is 0 Å². The van der Waals surface area contributed by atoms with Crippen molar-refractivity contribution in [2.75, 3.05) is 18.4 Å². The molecule has 0 aliphatic carbocycles. The predicted octanol–water partition coefficient (Wildman–Crippen LogP) is 4.03. The van der Waals surface area contributed by atoms with E-state index in [9.17, 15) is 9.59 Å². The SMILES string of the molecule is CCc1cccc(CC)c1NC(=O)CCN(CCC(C)C)C(C)=O. The second-order valence-corrected chi connectivity index (χ2v) is 6.65. The fraction of sp³-hybridized carbons (Fsp3) is 0.600. The lowest BCUT2D eigenvalue weighted by Crippen LogP contribution is -2.33. The van der Waals surface area contributed by atoms with Crippen molar-refractivity contribution in [2.45, 2.75) is 60.3 Å². The molecule has 0 radical (unpaired) electrons. The van der Waals surface area contributed by atoms with Crippen LogP contribution in [-0.4, -0.2) is 29.8 Å². The van der Waals surface area contributed by atoms with Gasteiger partial charge in [0.05, 0.1) is 0 Å². The molecule has 1 aromatic carbocycles. The number of carbonyl (C=O) groups excluding carboxylic acids is 2. The minimum Gasteiger partial charge on any atom is -0.342 e. The Bertz CT molecular complexity index is 530. The van der Waals surface area contributed by atoms with E-state index in [1.165, 1.54) is 0 Å². The second kappa shape index (κ2) is 10.1. The van der Waals surface area contributed by atoms with Gasteiger partial charge in [-0.05, 0) is 36.3 Å². The molecule has 4 heteroatoms. The summed E-state index contributed by atoms with van der Waals surface area (Å²) in [7, 11) is 0. The van der Waals surface area contributed by atoms with E-state index in [1.807, 2.05) is 6.07 Å². The summed E-state index contributed by atoms with van der Waals surface area (Å²) in [5, 5.41) is 3.06. The highest BCUT2D eigenvalue weighted by molar-refractivity contribution is 5.92. The van der Waals surface area contributed by atoms with Gasteiger partial charge in [0.2, 0.25) is 11.8 Å². The standard InChI is InChI=1S/C20H32N2O2/c1-6-17-9-8-10-18(7-2)20(17)21-19(24)12-14-22(16(5)23)13-11-15(3)4/h8-10,15H,6-7,11-14H2,1-5H3,(H,21,24). The van der Waals surface area contributed by atoms with Crippen molar-refractivity contribution in [3.05, 3.63) is 29.3 Å². The number of hydrogen-bond donors (Lipinski definition) is 1. The second-order valence-electron chi connectivity index (χ2n) is 6.65. The van der Waals surface area contributed by atoms with Crippen LogP contribution in [0, 0.1) is 5.92 Å². The first-order chi connectivity index (χ1) is 11.4. The maximum Gasteiger partial charge on any atom is 0.226 e. The molecule has 0 spiro atoms. The van der Waals surface area contributed by atoms with Crippen molar-refractivity contribution < 1.29 is 9.59 Å². The zero-order valence-corrected chi connectivity index (χ0v) is 15.8. The molecule has 1 aromatic rings. The van der Waals surface area contributed by atoms with Crippen molar-refractivity contribution in [1.29, 1.82) is 0 Å². The molecule has 0 aliphatic heterocycles. The van der Waals surface area contributed by atoms with Crippen LogP contribution in [0.25, 0.3) is 0 Å². The van der Waals surface area contributed by atoms with Gasteiger partial charge in [0, 0.05) is 32.1 Å². The van der Waals surface area contributed by atoms with E-state index in [2.05, 4.69) is 45.1 Å². The summed E-state index contributed by atoms with van der Waals surface area (Å²) >= 11 is 0. The first-order valence-corrected chi connectivity index (χ1v) is 9.05. The number of carbonyl (C=O) groups is 2. The summed E-state index contributed by atoms with van der Waals surface area (Å²) in [6, 6.07) is 6.15. The van der Waals surface area contributed by atoms with E-state index in [1.54, 1.807) is 11.8 Å². The fourth-order valence-corrected chi connectivity index (χ4v) is 2.68. The molecule has 4 nitrogen and oxygen atoms in total. The number of para-hydroxylation sites is 1. The van der Waals surface area contributed by atoms with E-state index in [0.29, 0.717) is 25.4 Å². The first kappa shape index (κ1) is 20.2. The smallest absolute Gasteiger partial charge is 0.226 e. The number of rotatable bonds is 9. The highest BCUT2D eigenvalue weighted by Crippen LogP contribution is 2.22. The molecule has 0 bridgehead atoms. The summed E-state index contributed by atoms with van der Waals surface area (Å²) < 4.78 is 0. The van der Waals surface area contributed by atoms with E-state index in [-0.39, 0.29) is 11.8 Å². The van der Waals surface area contributed by atoms with Gasteiger partial charge < -0.3 is 10.2 Å². The van der Waals surface area contributed by atoms with Crippen LogP contribution in [0.4, 0.5) is 5.69 Å². The van der Waals surface area contributed by atoms with Crippen molar-refractivity contribution in [1.82, 2.24) is 4.90 Å². The molecule has 0 saturated heterocycles. The summed E-state index contributed by atoms with van der Waals surface area (Å²) in [5.41, 5.74) is 3.26. The zero-order valence-electron chi connectivity index (χ0n) is 15.8. The first-order valence-electron chi connectivity index (χ1n) is 9.05. The molecule has 0 saturated carbocycles. The summed E-state index contributed by atoms with van der Waals surface area (Å²) in [4.78, 5) is 25.9. The number of amides is 2. The lowest BCUT2D eigenvalue weighted by molar-refractivity contribution is -0.129. The molecular weight excluding hydrogens is 300 g/mol. The van der Waals surface area contributed by atoms with Crippen LogP contribution in [-0.2, 0) is 22.4 Å². The van der Waals surface area contributed by atoms with Crippen LogP contribution in [0.15, 0.2) is 18.2 Å². The normalized spacial score (nSPS) is 10.8. The number of nitrogens with one attached hydrogen (secondary N) is 1. The Morgan fingerprint density at radius 1 is 1.08 bits per heavy atom. The van der Waals surface area contributed by atoms with Gasteiger partial charge in [-0.3, -0.25) is 9.59 Å². The Balaban J connectivity index is 2.67. The molecule has 0 fully saturated rings. The van der Waals surface area contributed by atoms with Crippen molar-refractivity contribution in [3.8, 4) is 0 Å². The molecule has 1 rings (SSSR count). The van der Waals surface area contributed by atoms with Gasteiger partial charge in [-0.15, -0.1) is 0 Å². The van der Waals surface area contributed by atoms with Crippen LogP contribution in [0.2, 0.25) is 0 Å². The van der Waals surface area contributed by atoms with Gasteiger partial charge >= 0.3 is 0 Å². The number of nitrogens with zero attached hydrogens (tertiary/aromatic N) is 1. The van der Waals surface area contributed by atoms with E-state index in [4.69, 9.17) is 0 Å². The molecule has 0 aliphatic rings. The Morgan fingerprint density at radius 3 is 2.12 bits per heavy atom. The molecular formula is C20H32N2O2. The molecule has 134 valence electrons. The van der Waals surface area contributed by atoms with Gasteiger partial charge in [-0.1, -0.05) is 45.9 Å². The lowest BCUT2D eigenvalue weighted by atomic mass is 10.0. The van der Waals surface area contributed by atoms with E-state index >= 15 is 0 Å². The largest absolute Gasteiger partial charge is 0.342 e. The summed E-state index contributed by atoms with van der Waals surface area (Å²) in [5.74, 6) is 0.553. The van der Waals surface area contributed by atoms with Gasteiger partial charge in [0.1, 0.15) is 0 Å². The van der Waals surface area contributed by atoms with Crippen LogP contribution >= 0.6 is 0 Å². The van der Waals surface area contributed by atoms with Crippen molar-refractivity contribution >= 4 is 17.5 Å². The molecule has 24 heavy (non-hydrogen) atoms. The average molecular weight is 332 g/mol. The van der Waals surface area contributed by atoms with Gasteiger partial charge in [0.15, 0.2) is 0 Å². The Labute approximate surface area is 146 Å². The molecule has 0 unspecified atom stereocenters. The highest BCUT2D eigenvalue weighted by Gasteiger charge is 2.14. The van der Waals surface area contributed by atoms with E-state index in [0.717, 1.165) is 36.1 Å². The highest BCUT2D eigenvalue weighted by atomic mass is 16.2. The fourth-order valence-electron chi connectivity index (χ4n) is 2.68. The number of benzene rings is 1. The van der Waals surface area contributed by atoms with Crippen molar-refractivity contribution in [3.63, 3.8) is 0 Å². The topological polar surface area (TPSA) is 49.4 Å². The van der Waals surface area contributed by atoms with Crippen LogP contribution in [0.1, 0.15) is 58.6 Å². The van der Waals surface area contributed by atoms with Gasteiger partial charge in [0.25, 0.3) is 0 Å². The van der Waals surface area contributed by atoms with Gasteiger partial charge in [-0.25, -0.2) is 0 Å². The van der Waals surface area contributed by atoms with Crippen LogP contribution in [0.3, 0.4) is 0 Å². The minimum absolute atomic E-state index is 0.0265. The Kier molecular flexibility index (Phi) is 8.51. The molecule has 0 heterocycles. The number of hydrogen-bond acceptors (Lipinski definition) is 2. The Hall–Kier alpha value is -1.84. The maximum atomic E-state index is 12.4. The summed E-state index contributed by atoms with van der Waals surface area (Å²) in [6.07, 6.45) is 3.06. The maximum absolute atomic E-state index is 12.4. The third kappa shape index (κ3) is 6.34. The van der Waals surface area contributed by atoms with Crippen LogP contribution < -0.4 is 5.32 Å². The molecule has 0 atom stereocenters. The number of aryl methyl sites for hydroxylation is 2. The third-order valence-corrected chi connectivity index (χ3v) is 4.29. The molecule has 1 N–H and O–H groups in total. The minimum atomic E-state index is -0.0265. The quantitative estimate of drug-likeness (QED) is 0.742. The molecule has 0 aromatic heterocycles. The van der Waals surface area contributed by atoms with Crippen molar-refractivity contribution in [2.24, 2.45) is 5.92 Å². The lowest BCUT2D eigenvalue weighted by Gasteiger charge is -2.22. The third-order valence-electron chi connectivity index (χ3n) is 4.29.